The van der Waals surface area contributed by atoms with Crippen molar-refractivity contribution < 1.29 is 4.79 Å². The molecule has 0 bridgehead atoms. The lowest BCUT2D eigenvalue weighted by Crippen LogP contribution is -2.49. The van der Waals surface area contributed by atoms with Crippen molar-refractivity contribution >= 4 is 5.91 Å². The third-order valence-electron chi connectivity index (χ3n) is 4.98. The Hall–Kier alpha value is -1.35. The Morgan fingerprint density at radius 1 is 1.24 bits per heavy atom. The molecular formula is C18H26N2O. The van der Waals surface area contributed by atoms with Crippen molar-refractivity contribution in [2.24, 2.45) is 5.92 Å². The summed E-state index contributed by atoms with van der Waals surface area (Å²) in [7, 11) is 0. The molecule has 1 aromatic rings. The Labute approximate surface area is 127 Å². The molecule has 2 fully saturated rings. The third kappa shape index (κ3) is 3.65. The topological polar surface area (TPSA) is 32.3 Å². The zero-order chi connectivity index (χ0) is 14.7. The fourth-order valence-electron chi connectivity index (χ4n) is 3.33. The van der Waals surface area contributed by atoms with E-state index in [-0.39, 0.29) is 0 Å². The van der Waals surface area contributed by atoms with Crippen LogP contribution in [0.5, 0.6) is 0 Å². The number of amides is 1. The van der Waals surface area contributed by atoms with Gasteiger partial charge in [-0.15, -0.1) is 0 Å². The molecule has 2 aliphatic rings. The Morgan fingerprint density at radius 2 is 2.05 bits per heavy atom. The summed E-state index contributed by atoms with van der Waals surface area (Å²) in [6.45, 7) is 5.31. The number of carbonyl (C=O) groups is 1. The fourth-order valence-corrected chi connectivity index (χ4v) is 3.33. The van der Waals surface area contributed by atoms with Gasteiger partial charge in [0.25, 0.3) is 0 Å². The van der Waals surface area contributed by atoms with Crippen LogP contribution >= 0.6 is 0 Å². The molecular weight excluding hydrogens is 260 g/mol. The maximum absolute atomic E-state index is 12.1. The van der Waals surface area contributed by atoms with Gasteiger partial charge in [-0.3, -0.25) is 9.69 Å². The molecule has 1 heterocycles. The molecule has 1 atom stereocenters. The molecule has 1 saturated heterocycles. The lowest BCUT2D eigenvalue weighted by molar-refractivity contribution is -0.128. The summed E-state index contributed by atoms with van der Waals surface area (Å²) < 4.78 is 0. The Balaban J connectivity index is 1.53. The van der Waals surface area contributed by atoms with Crippen LogP contribution in [-0.2, 0) is 11.3 Å². The Kier molecular flexibility index (Phi) is 4.59. The molecule has 1 N–H and O–H groups in total. The first-order chi connectivity index (χ1) is 10.2. The number of hydrogen-bond donors (Lipinski definition) is 1. The highest BCUT2D eigenvalue weighted by Gasteiger charge is 2.28. The molecule has 3 rings (SSSR count). The number of hydrogen-bond acceptors (Lipinski definition) is 2. The molecule has 3 nitrogen and oxygen atoms in total. The largest absolute Gasteiger partial charge is 0.352 e. The van der Waals surface area contributed by atoms with E-state index < -0.39 is 0 Å². The zero-order valence-corrected chi connectivity index (χ0v) is 13.0. The minimum Gasteiger partial charge on any atom is -0.352 e. The van der Waals surface area contributed by atoms with Gasteiger partial charge in [0.05, 0.1) is 0 Å². The summed E-state index contributed by atoms with van der Waals surface area (Å²) in [4.78, 5) is 14.6. The molecule has 0 radical (unpaired) electrons. The van der Waals surface area contributed by atoms with Gasteiger partial charge in [-0.05, 0) is 50.3 Å². The smallest absolute Gasteiger partial charge is 0.223 e. The summed E-state index contributed by atoms with van der Waals surface area (Å²) in [5.74, 6) is 0.598. The van der Waals surface area contributed by atoms with Crippen LogP contribution in [0.3, 0.4) is 0 Å². The quantitative estimate of drug-likeness (QED) is 0.923. The minimum atomic E-state index is 0.295. The lowest BCUT2D eigenvalue weighted by Gasteiger charge is -2.35. The van der Waals surface area contributed by atoms with Crippen LogP contribution in [0.25, 0.3) is 0 Å². The standard InChI is InChI=1S/C18H26N2O/c1-14-6-2-3-7-16(14)12-20-11-5-10-17(13-20)19-18(21)15-8-4-9-15/h2-3,6-7,15,17H,4-5,8-13H2,1H3,(H,19,21). The predicted molar refractivity (Wildman–Crippen MR) is 85.0 cm³/mol. The Bertz CT molecular complexity index is 496. The van der Waals surface area contributed by atoms with Crippen LogP contribution < -0.4 is 5.32 Å². The molecule has 1 unspecified atom stereocenters. The van der Waals surface area contributed by atoms with E-state index in [4.69, 9.17) is 0 Å². The van der Waals surface area contributed by atoms with E-state index in [0.717, 1.165) is 38.9 Å². The number of nitrogens with one attached hydrogen (secondary N) is 1. The molecule has 1 aliphatic carbocycles. The van der Waals surface area contributed by atoms with E-state index in [2.05, 4.69) is 41.4 Å². The number of nitrogens with zero attached hydrogens (tertiary/aromatic N) is 1. The molecule has 1 aliphatic heterocycles. The van der Waals surface area contributed by atoms with Crippen molar-refractivity contribution in [2.75, 3.05) is 13.1 Å². The van der Waals surface area contributed by atoms with Crippen molar-refractivity contribution in [2.45, 2.75) is 51.6 Å². The predicted octanol–water partition coefficient (Wildman–Crippen LogP) is 2.88. The zero-order valence-electron chi connectivity index (χ0n) is 13.0. The normalized spacial score (nSPS) is 23.6. The van der Waals surface area contributed by atoms with E-state index in [1.54, 1.807) is 0 Å². The van der Waals surface area contributed by atoms with Gasteiger partial charge in [0.2, 0.25) is 5.91 Å². The fraction of sp³-hybridized carbons (Fsp3) is 0.611. The van der Waals surface area contributed by atoms with Crippen molar-refractivity contribution in [3.63, 3.8) is 0 Å². The van der Waals surface area contributed by atoms with Crippen molar-refractivity contribution in [3.05, 3.63) is 35.4 Å². The van der Waals surface area contributed by atoms with Crippen LogP contribution in [0.4, 0.5) is 0 Å². The summed E-state index contributed by atoms with van der Waals surface area (Å²) in [5.41, 5.74) is 2.77. The number of likely N-dealkylation sites (tertiary alicyclic amines) is 1. The van der Waals surface area contributed by atoms with Gasteiger partial charge in [0.15, 0.2) is 0 Å². The van der Waals surface area contributed by atoms with Gasteiger partial charge in [0, 0.05) is 25.0 Å². The van der Waals surface area contributed by atoms with Crippen LogP contribution in [0, 0.1) is 12.8 Å². The molecule has 1 saturated carbocycles. The minimum absolute atomic E-state index is 0.295. The van der Waals surface area contributed by atoms with Gasteiger partial charge >= 0.3 is 0 Å². The molecule has 3 heteroatoms. The average molecular weight is 286 g/mol. The maximum Gasteiger partial charge on any atom is 0.223 e. The van der Waals surface area contributed by atoms with Crippen LogP contribution in [-0.4, -0.2) is 29.9 Å². The summed E-state index contributed by atoms with van der Waals surface area (Å²) in [6.07, 6.45) is 5.71. The number of piperidine rings is 1. The Morgan fingerprint density at radius 3 is 2.76 bits per heavy atom. The summed E-state index contributed by atoms with van der Waals surface area (Å²) >= 11 is 0. The molecule has 21 heavy (non-hydrogen) atoms. The SMILES string of the molecule is Cc1ccccc1CN1CCCC(NC(=O)C2CCC2)C1. The molecule has 0 aromatic heterocycles. The van der Waals surface area contributed by atoms with Gasteiger partial charge < -0.3 is 5.32 Å². The van der Waals surface area contributed by atoms with Crippen molar-refractivity contribution in [3.8, 4) is 0 Å². The van der Waals surface area contributed by atoms with E-state index in [9.17, 15) is 4.79 Å². The highest BCUT2D eigenvalue weighted by atomic mass is 16.2. The highest BCUT2D eigenvalue weighted by molar-refractivity contribution is 5.79. The van der Waals surface area contributed by atoms with E-state index in [1.165, 1.54) is 24.0 Å². The highest BCUT2D eigenvalue weighted by Crippen LogP contribution is 2.26. The number of rotatable bonds is 4. The van der Waals surface area contributed by atoms with Crippen LogP contribution in [0.1, 0.15) is 43.2 Å². The van der Waals surface area contributed by atoms with E-state index in [0.29, 0.717) is 17.9 Å². The second-order valence-electron chi connectivity index (χ2n) is 6.64. The van der Waals surface area contributed by atoms with Crippen LogP contribution in [0.15, 0.2) is 24.3 Å². The molecule has 1 aromatic carbocycles. The first-order valence-electron chi connectivity index (χ1n) is 8.29. The second-order valence-corrected chi connectivity index (χ2v) is 6.64. The number of aryl methyl sites for hydroxylation is 1. The van der Waals surface area contributed by atoms with Crippen molar-refractivity contribution in [1.82, 2.24) is 10.2 Å². The number of benzene rings is 1. The number of carbonyl (C=O) groups excluding carboxylic acids is 1. The van der Waals surface area contributed by atoms with Gasteiger partial charge in [0.1, 0.15) is 0 Å². The van der Waals surface area contributed by atoms with E-state index in [1.807, 2.05) is 0 Å². The van der Waals surface area contributed by atoms with Crippen LogP contribution in [0.2, 0.25) is 0 Å². The molecule has 1 amide bonds. The maximum atomic E-state index is 12.1. The first-order valence-corrected chi connectivity index (χ1v) is 8.29. The first kappa shape index (κ1) is 14.6. The van der Waals surface area contributed by atoms with Gasteiger partial charge in [-0.1, -0.05) is 30.7 Å². The van der Waals surface area contributed by atoms with E-state index >= 15 is 0 Å². The lowest BCUT2D eigenvalue weighted by atomic mass is 9.84. The van der Waals surface area contributed by atoms with Crippen molar-refractivity contribution in [1.29, 1.82) is 0 Å². The summed E-state index contributed by atoms with van der Waals surface area (Å²) in [6, 6.07) is 8.94. The molecule has 114 valence electrons. The summed E-state index contributed by atoms with van der Waals surface area (Å²) in [5, 5.41) is 3.27. The average Bonchev–Trinajstić information content (AvgIpc) is 2.40. The second kappa shape index (κ2) is 6.61. The van der Waals surface area contributed by atoms with Gasteiger partial charge in [-0.25, -0.2) is 0 Å². The molecule has 0 spiro atoms. The third-order valence-corrected chi connectivity index (χ3v) is 4.98. The van der Waals surface area contributed by atoms with Gasteiger partial charge in [-0.2, -0.15) is 0 Å². The monoisotopic (exact) mass is 286 g/mol.